The van der Waals surface area contributed by atoms with Crippen LogP contribution in [0.25, 0.3) is 0 Å². The Morgan fingerprint density at radius 1 is 0.852 bits per heavy atom. The standard InChI is InChI=1S/C24H33F3/c25-16-2-1-3-18-6-11-21(12-7-18)22-13-8-19(9-14-22)4-5-20-10-15-23(26)24(27)17-20/h1,3,10,15,17-19,21-22H,2,4-9,11-14,16H2/b3-1+/t18-,19?,21-,22?. The normalized spacial score (nSPS) is 29.3. The van der Waals surface area contributed by atoms with Crippen LogP contribution < -0.4 is 0 Å². The molecule has 0 atom stereocenters. The average Bonchev–Trinajstić information content (AvgIpc) is 2.70. The highest BCUT2D eigenvalue weighted by Crippen LogP contribution is 2.42. The van der Waals surface area contributed by atoms with E-state index in [2.05, 4.69) is 6.08 Å². The third kappa shape index (κ3) is 6.12. The molecule has 0 N–H and O–H groups in total. The van der Waals surface area contributed by atoms with Crippen molar-refractivity contribution in [3.63, 3.8) is 0 Å². The van der Waals surface area contributed by atoms with Gasteiger partial charge in [0.2, 0.25) is 0 Å². The van der Waals surface area contributed by atoms with E-state index < -0.39 is 11.6 Å². The largest absolute Gasteiger partial charge is 0.251 e. The fourth-order valence-electron chi connectivity index (χ4n) is 5.17. The van der Waals surface area contributed by atoms with E-state index in [1.54, 1.807) is 6.07 Å². The minimum Gasteiger partial charge on any atom is -0.251 e. The Bertz CT molecular complexity index is 594. The Labute approximate surface area is 162 Å². The maximum atomic E-state index is 13.3. The van der Waals surface area contributed by atoms with Gasteiger partial charge in [-0.05, 0) is 99.2 Å². The van der Waals surface area contributed by atoms with Crippen molar-refractivity contribution in [3.05, 3.63) is 47.5 Å². The third-order valence-corrected chi connectivity index (χ3v) is 6.88. The molecular formula is C24H33F3. The molecule has 0 aliphatic heterocycles. The van der Waals surface area contributed by atoms with E-state index in [0.29, 0.717) is 12.3 Å². The van der Waals surface area contributed by atoms with Crippen LogP contribution in [0.2, 0.25) is 0 Å². The van der Waals surface area contributed by atoms with Gasteiger partial charge in [-0.3, -0.25) is 4.39 Å². The van der Waals surface area contributed by atoms with Gasteiger partial charge in [-0.1, -0.05) is 31.1 Å². The Morgan fingerprint density at radius 3 is 2.15 bits per heavy atom. The zero-order valence-corrected chi connectivity index (χ0v) is 16.3. The molecule has 0 radical (unpaired) electrons. The quantitative estimate of drug-likeness (QED) is 0.433. The number of hydrogen-bond donors (Lipinski definition) is 0. The van der Waals surface area contributed by atoms with Crippen LogP contribution in [0.3, 0.4) is 0 Å². The van der Waals surface area contributed by atoms with Gasteiger partial charge in [-0.15, -0.1) is 0 Å². The van der Waals surface area contributed by atoms with E-state index in [4.69, 9.17) is 0 Å². The zero-order valence-electron chi connectivity index (χ0n) is 16.3. The Hall–Kier alpha value is -1.25. The summed E-state index contributed by atoms with van der Waals surface area (Å²) in [5.74, 6) is 1.66. The monoisotopic (exact) mass is 378 g/mol. The lowest BCUT2D eigenvalue weighted by molar-refractivity contribution is 0.152. The van der Waals surface area contributed by atoms with Gasteiger partial charge in [0.25, 0.3) is 0 Å². The van der Waals surface area contributed by atoms with Gasteiger partial charge in [0, 0.05) is 0 Å². The van der Waals surface area contributed by atoms with Crippen molar-refractivity contribution >= 4 is 0 Å². The van der Waals surface area contributed by atoms with Gasteiger partial charge in [0.05, 0.1) is 6.67 Å². The van der Waals surface area contributed by atoms with Crippen molar-refractivity contribution in [3.8, 4) is 0 Å². The van der Waals surface area contributed by atoms with Crippen LogP contribution >= 0.6 is 0 Å². The number of rotatable bonds is 7. The maximum Gasteiger partial charge on any atom is 0.159 e. The van der Waals surface area contributed by atoms with Crippen LogP contribution in [0, 0.1) is 35.3 Å². The summed E-state index contributed by atoms with van der Waals surface area (Å²) >= 11 is 0. The highest BCUT2D eigenvalue weighted by Gasteiger charge is 2.30. The van der Waals surface area contributed by atoms with Crippen molar-refractivity contribution in [1.82, 2.24) is 0 Å². The number of allylic oxidation sites excluding steroid dienone is 2. The molecule has 3 rings (SSSR count). The number of hydrogen-bond acceptors (Lipinski definition) is 0. The second-order valence-electron chi connectivity index (χ2n) is 8.65. The van der Waals surface area contributed by atoms with E-state index in [9.17, 15) is 13.2 Å². The predicted octanol–water partition coefficient (Wildman–Crippen LogP) is 7.43. The van der Waals surface area contributed by atoms with Crippen molar-refractivity contribution in [2.75, 3.05) is 6.67 Å². The van der Waals surface area contributed by atoms with E-state index in [-0.39, 0.29) is 6.67 Å². The summed E-state index contributed by atoms with van der Waals surface area (Å²) in [4.78, 5) is 0. The first-order valence-corrected chi connectivity index (χ1v) is 10.8. The number of aryl methyl sites for hydroxylation is 1. The summed E-state index contributed by atoms with van der Waals surface area (Å²) in [6.07, 6.45) is 17.2. The van der Waals surface area contributed by atoms with Crippen LogP contribution in [0.15, 0.2) is 30.4 Å². The Balaban J connectivity index is 1.36. The van der Waals surface area contributed by atoms with Crippen molar-refractivity contribution < 1.29 is 13.2 Å². The molecule has 0 aromatic heterocycles. The molecule has 0 bridgehead atoms. The first-order valence-electron chi connectivity index (χ1n) is 10.8. The molecule has 27 heavy (non-hydrogen) atoms. The predicted molar refractivity (Wildman–Crippen MR) is 105 cm³/mol. The second-order valence-corrected chi connectivity index (χ2v) is 8.65. The average molecular weight is 379 g/mol. The zero-order chi connectivity index (χ0) is 19.1. The molecular weight excluding hydrogens is 345 g/mol. The van der Waals surface area contributed by atoms with Crippen LogP contribution in [0.1, 0.15) is 69.8 Å². The molecule has 150 valence electrons. The van der Waals surface area contributed by atoms with Crippen LogP contribution in [-0.2, 0) is 6.42 Å². The molecule has 2 aliphatic carbocycles. The molecule has 0 spiro atoms. The van der Waals surface area contributed by atoms with Gasteiger partial charge < -0.3 is 0 Å². The summed E-state index contributed by atoms with van der Waals surface area (Å²) in [6, 6.07) is 4.30. The molecule has 1 aromatic rings. The molecule has 0 nitrogen and oxygen atoms in total. The van der Waals surface area contributed by atoms with E-state index in [1.807, 2.05) is 6.08 Å². The molecule has 2 aliphatic rings. The minimum absolute atomic E-state index is 0.245. The van der Waals surface area contributed by atoms with Gasteiger partial charge in [-0.25, -0.2) is 8.78 Å². The van der Waals surface area contributed by atoms with Gasteiger partial charge >= 0.3 is 0 Å². The van der Waals surface area contributed by atoms with Crippen molar-refractivity contribution in [2.45, 2.75) is 70.6 Å². The summed E-state index contributed by atoms with van der Waals surface area (Å²) in [7, 11) is 0. The first kappa shape index (κ1) is 20.5. The van der Waals surface area contributed by atoms with Crippen LogP contribution in [0.5, 0.6) is 0 Å². The molecule has 2 fully saturated rings. The number of benzene rings is 1. The van der Waals surface area contributed by atoms with Gasteiger partial charge in [0.15, 0.2) is 11.6 Å². The molecule has 0 saturated heterocycles. The summed E-state index contributed by atoms with van der Waals surface area (Å²) in [6.45, 7) is -0.245. The van der Waals surface area contributed by atoms with E-state index >= 15 is 0 Å². The lowest BCUT2D eigenvalue weighted by Gasteiger charge is -2.37. The molecule has 3 heteroatoms. The molecule has 0 amide bonds. The maximum absolute atomic E-state index is 13.3. The minimum atomic E-state index is -0.758. The summed E-state index contributed by atoms with van der Waals surface area (Å²) in [5.41, 5.74) is 0.912. The fourth-order valence-corrected chi connectivity index (χ4v) is 5.17. The Kier molecular flexibility index (Phi) is 7.84. The first-order chi connectivity index (χ1) is 13.2. The van der Waals surface area contributed by atoms with Gasteiger partial charge in [-0.2, -0.15) is 0 Å². The molecule has 0 unspecified atom stereocenters. The Morgan fingerprint density at radius 2 is 1.52 bits per heavy atom. The molecule has 2 saturated carbocycles. The highest BCUT2D eigenvalue weighted by molar-refractivity contribution is 5.17. The molecule has 0 heterocycles. The lowest BCUT2D eigenvalue weighted by Crippen LogP contribution is -2.25. The second kappa shape index (κ2) is 10.3. The van der Waals surface area contributed by atoms with E-state index in [1.165, 1.54) is 63.5 Å². The fraction of sp³-hybridized carbons (Fsp3) is 0.667. The highest BCUT2D eigenvalue weighted by atomic mass is 19.2. The number of halogens is 3. The number of alkyl halides is 1. The summed E-state index contributed by atoms with van der Waals surface area (Å²) in [5, 5.41) is 0. The lowest BCUT2D eigenvalue weighted by atomic mass is 9.68. The van der Waals surface area contributed by atoms with Crippen molar-refractivity contribution in [2.24, 2.45) is 23.7 Å². The molecule has 1 aromatic carbocycles. The SMILES string of the molecule is FCC/C=C/[C@H]1CC[C@H](C2CCC(CCc3ccc(F)c(F)c3)CC2)CC1. The summed E-state index contributed by atoms with van der Waals surface area (Å²) < 4.78 is 38.5. The van der Waals surface area contributed by atoms with Crippen LogP contribution in [-0.4, -0.2) is 6.67 Å². The smallest absolute Gasteiger partial charge is 0.159 e. The van der Waals surface area contributed by atoms with Crippen molar-refractivity contribution in [1.29, 1.82) is 0 Å². The van der Waals surface area contributed by atoms with Crippen LogP contribution in [0.4, 0.5) is 13.2 Å². The topological polar surface area (TPSA) is 0 Å². The van der Waals surface area contributed by atoms with E-state index in [0.717, 1.165) is 36.2 Å². The third-order valence-electron chi connectivity index (χ3n) is 6.88. The van der Waals surface area contributed by atoms with Gasteiger partial charge in [0.1, 0.15) is 0 Å².